The number of pyridine rings is 1. The van der Waals surface area contributed by atoms with Gasteiger partial charge in [-0.3, -0.25) is 19.8 Å². The maximum atomic E-state index is 12.8. The van der Waals surface area contributed by atoms with E-state index >= 15 is 0 Å². The molecule has 0 unspecified atom stereocenters. The Hall–Kier alpha value is -2.54. The molecule has 6 nitrogen and oxygen atoms in total. The molecule has 0 fully saturated rings. The summed E-state index contributed by atoms with van der Waals surface area (Å²) in [5, 5.41) is 7.99. The normalized spacial score (nSPS) is 11.8. The molecule has 3 rings (SSSR count). The van der Waals surface area contributed by atoms with Crippen LogP contribution in [0.5, 0.6) is 0 Å². The summed E-state index contributed by atoms with van der Waals surface area (Å²) in [7, 11) is 0. The van der Waals surface area contributed by atoms with Crippen molar-refractivity contribution >= 4 is 22.4 Å². The molecule has 27 heavy (non-hydrogen) atoms. The molecular weight excluding hydrogens is 358 g/mol. The van der Waals surface area contributed by atoms with Gasteiger partial charge >= 0.3 is 0 Å². The Bertz CT molecular complexity index is 951. The molecule has 1 amide bonds. The third kappa shape index (κ3) is 4.08. The minimum absolute atomic E-state index is 0.192. The van der Waals surface area contributed by atoms with E-state index in [-0.39, 0.29) is 17.4 Å². The number of hydrogen-bond acceptors (Lipinski definition) is 5. The van der Waals surface area contributed by atoms with E-state index in [2.05, 4.69) is 55.0 Å². The zero-order valence-corrected chi connectivity index (χ0v) is 17.4. The smallest absolute Gasteiger partial charge is 0.277 e. The number of hydrogen-bond donors (Lipinski definition) is 1. The summed E-state index contributed by atoms with van der Waals surface area (Å²) in [6.45, 7) is 12.4. The summed E-state index contributed by atoms with van der Waals surface area (Å²) in [4.78, 5) is 22.5. The molecule has 0 aliphatic carbocycles. The molecule has 0 aromatic carbocycles. The van der Waals surface area contributed by atoms with Gasteiger partial charge in [0.15, 0.2) is 10.8 Å². The third-order valence-corrected chi connectivity index (χ3v) is 5.21. The van der Waals surface area contributed by atoms with Crippen molar-refractivity contribution in [3.8, 4) is 10.6 Å². The number of thiazole rings is 1. The number of rotatable bonds is 4. The number of amides is 1. The van der Waals surface area contributed by atoms with Gasteiger partial charge in [-0.25, -0.2) is 4.98 Å². The summed E-state index contributed by atoms with van der Waals surface area (Å²) >= 11 is 1.42. The molecule has 0 radical (unpaired) electrons. The molecule has 3 aromatic rings. The number of anilines is 1. The fourth-order valence-electron chi connectivity index (χ4n) is 2.80. The third-order valence-electron chi connectivity index (χ3n) is 4.11. The predicted molar refractivity (Wildman–Crippen MR) is 109 cm³/mol. The zero-order chi connectivity index (χ0) is 19.8. The van der Waals surface area contributed by atoms with Gasteiger partial charge in [-0.2, -0.15) is 5.10 Å². The van der Waals surface area contributed by atoms with Crippen LogP contribution in [0.4, 0.5) is 5.13 Å². The second kappa shape index (κ2) is 7.23. The van der Waals surface area contributed by atoms with Gasteiger partial charge in [0.2, 0.25) is 0 Å². The van der Waals surface area contributed by atoms with Crippen LogP contribution in [0.3, 0.4) is 0 Å². The van der Waals surface area contributed by atoms with Crippen molar-refractivity contribution in [1.82, 2.24) is 19.7 Å². The minimum atomic E-state index is -0.249. The molecule has 7 heteroatoms. The number of carbonyl (C=O) groups excluding carboxylic acids is 1. The molecule has 1 N–H and O–H groups in total. The first-order valence-corrected chi connectivity index (χ1v) is 9.79. The van der Waals surface area contributed by atoms with Crippen molar-refractivity contribution in [2.24, 2.45) is 0 Å². The lowest BCUT2D eigenvalue weighted by Gasteiger charge is -2.23. The molecule has 0 spiro atoms. The standard InChI is InChI=1S/C20H25N5OS/c1-12(2)16-11-15(24-25(16)20(4,5)6)18(26)23-19-22-13(3)17(27-19)14-9-7-8-10-21-14/h7-12H,1-6H3,(H,22,23,26). The number of nitrogens with one attached hydrogen (secondary N) is 1. The minimum Gasteiger partial charge on any atom is -0.296 e. The molecule has 142 valence electrons. The van der Waals surface area contributed by atoms with Crippen molar-refractivity contribution in [2.75, 3.05) is 5.32 Å². The number of aromatic nitrogens is 4. The highest BCUT2D eigenvalue weighted by atomic mass is 32.1. The topological polar surface area (TPSA) is 72.7 Å². The molecule has 0 aliphatic rings. The molecular formula is C20H25N5OS. The molecule has 3 aromatic heterocycles. The van der Waals surface area contributed by atoms with Crippen molar-refractivity contribution in [2.45, 2.75) is 53.0 Å². The van der Waals surface area contributed by atoms with E-state index in [0.29, 0.717) is 10.8 Å². The van der Waals surface area contributed by atoms with Gasteiger partial charge in [0.25, 0.3) is 5.91 Å². The Labute approximate surface area is 163 Å². The highest BCUT2D eigenvalue weighted by Gasteiger charge is 2.24. The van der Waals surface area contributed by atoms with Crippen LogP contribution in [-0.4, -0.2) is 25.7 Å². The van der Waals surface area contributed by atoms with Gasteiger partial charge in [0.1, 0.15) is 0 Å². The lowest BCUT2D eigenvalue weighted by molar-refractivity contribution is 0.102. The van der Waals surface area contributed by atoms with Crippen LogP contribution in [0, 0.1) is 6.92 Å². The van der Waals surface area contributed by atoms with Crippen LogP contribution < -0.4 is 5.32 Å². The SMILES string of the molecule is Cc1nc(NC(=O)c2cc(C(C)C)n(C(C)(C)C)n2)sc1-c1ccccn1. The predicted octanol–water partition coefficient (Wildman–Crippen LogP) is 4.84. The lowest BCUT2D eigenvalue weighted by atomic mass is 10.1. The van der Waals surface area contributed by atoms with Crippen molar-refractivity contribution in [1.29, 1.82) is 0 Å². The largest absolute Gasteiger partial charge is 0.296 e. The first kappa shape index (κ1) is 19.2. The Kier molecular flexibility index (Phi) is 5.15. The van der Waals surface area contributed by atoms with Crippen LogP contribution in [0.25, 0.3) is 10.6 Å². The molecule has 0 saturated carbocycles. The van der Waals surface area contributed by atoms with E-state index in [9.17, 15) is 4.79 Å². The second-order valence-electron chi connectivity index (χ2n) is 7.79. The Balaban J connectivity index is 1.86. The van der Waals surface area contributed by atoms with Crippen molar-refractivity contribution in [3.63, 3.8) is 0 Å². The van der Waals surface area contributed by atoms with Gasteiger partial charge in [-0.15, -0.1) is 0 Å². The summed E-state index contributed by atoms with van der Waals surface area (Å²) in [5.74, 6) is 0.0253. The zero-order valence-electron chi connectivity index (χ0n) is 16.6. The van der Waals surface area contributed by atoms with Crippen molar-refractivity contribution in [3.05, 3.63) is 47.5 Å². The first-order chi connectivity index (χ1) is 12.7. The fourth-order valence-corrected chi connectivity index (χ4v) is 3.74. The summed E-state index contributed by atoms with van der Waals surface area (Å²) in [6.07, 6.45) is 1.75. The fraction of sp³-hybridized carbons (Fsp3) is 0.400. The summed E-state index contributed by atoms with van der Waals surface area (Å²) in [5.41, 5.74) is 2.95. The average molecular weight is 384 g/mol. The molecule has 0 atom stereocenters. The maximum Gasteiger partial charge on any atom is 0.277 e. The molecule has 0 bridgehead atoms. The second-order valence-corrected chi connectivity index (χ2v) is 8.79. The average Bonchev–Trinajstić information content (AvgIpc) is 3.19. The van der Waals surface area contributed by atoms with E-state index in [0.717, 1.165) is 22.0 Å². The van der Waals surface area contributed by atoms with Crippen LogP contribution in [0.15, 0.2) is 30.5 Å². The van der Waals surface area contributed by atoms with Gasteiger partial charge in [-0.1, -0.05) is 31.3 Å². The van der Waals surface area contributed by atoms with Gasteiger partial charge in [0.05, 0.1) is 21.8 Å². The van der Waals surface area contributed by atoms with Crippen LogP contribution >= 0.6 is 11.3 Å². The van der Waals surface area contributed by atoms with E-state index in [1.54, 1.807) is 6.20 Å². The van der Waals surface area contributed by atoms with E-state index < -0.39 is 0 Å². The summed E-state index contributed by atoms with van der Waals surface area (Å²) in [6, 6.07) is 7.62. The highest BCUT2D eigenvalue weighted by molar-refractivity contribution is 7.19. The van der Waals surface area contributed by atoms with Gasteiger partial charge < -0.3 is 0 Å². The number of carbonyl (C=O) groups is 1. The van der Waals surface area contributed by atoms with E-state index in [1.165, 1.54) is 11.3 Å². The lowest BCUT2D eigenvalue weighted by Crippen LogP contribution is -2.26. The monoisotopic (exact) mass is 383 g/mol. The van der Waals surface area contributed by atoms with Crippen molar-refractivity contribution < 1.29 is 4.79 Å². The first-order valence-electron chi connectivity index (χ1n) is 8.97. The quantitative estimate of drug-likeness (QED) is 0.699. The van der Waals surface area contributed by atoms with Crippen LogP contribution in [0.1, 0.15) is 62.4 Å². The van der Waals surface area contributed by atoms with E-state index in [1.807, 2.05) is 35.9 Å². The van der Waals surface area contributed by atoms with Crippen LogP contribution in [-0.2, 0) is 5.54 Å². The number of aryl methyl sites for hydroxylation is 1. The van der Waals surface area contributed by atoms with E-state index in [4.69, 9.17) is 0 Å². The highest BCUT2D eigenvalue weighted by Crippen LogP contribution is 2.31. The Morgan fingerprint density at radius 2 is 2.00 bits per heavy atom. The van der Waals surface area contributed by atoms with Crippen LogP contribution in [0.2, 0.25) is 0 Å². The van der Waals surface area contributed by atoms with Gasteiger partial charge in [0, 0.05) is 11.9 Å². The summed E-state index contributed by atoms with van der Waals surface area (Å²) < 4.78 is 1.93. The maximum absolute atomic E-state index is 12.8. The molecule has 0 aliphatic heterocycles. The Morgan fingerprint density at radius 3 is 2.56 bits per heavy atom. The molecule has 3 heterocycles. The van der Waals surface area contributed by atoms with Gasteiger partial charge in [-0.05, 0) is 51.8 Å². The molecule has 0 saturated heterocycles. The Morgan fingerprint density at radius 1 is 1.26 bits per heavy atom. The number of nitrogens with zero attached hydrogens (tertiary/aromatic N) is 4.